The summed E-state index contributed by atoms with van der Waals surface area (Å²) in [5.74, 6) is 0.456. The zero-order valence-corrected chi connectivity index (χ0v) is 21.1. The van der Waals surface area contributed by atoms with Crippen LogP contribution in [0.25, 0.3) is 0 Å². The molecular weight excluding hydrogens is 415 g/mol. The standard InChI is InChI=1S/C31H37BO2/c1-28(2)29(3,4)34-32(33-28)27-15-13-26(14-16-27)31-20-17-30(18-21-31,19-22-31)25-11-9-24(10-12-25)23-7-5-6-8-23/h5-16,23H,17-22H2,1-4H3. The first kappa shape index (κ1) is 22.4. The van der Waals surface area contributed by atoms with E-state index >= 15 is 0 Å². The minimum absolute atomic E-state index is 0.278. The maximum absolute atomic E-state index is 6.27. The van der Waals surface area contributed by atoms with Crippen LogP contribution in [0, 0.1) is 0 Å². The minimum Gasteiger partial charge on any atom is -0.399 e. The SMILES string of the molecule is CC1(C)OB(c2ccc(C34CCC(c5ccc(C6C=CC=C6)cc5)(CC3)CC4)cc2)OC1(C)C. The lowest BCUT2D eigenvalue weighted by atomic mass is 9.50. The Balaban J connectivity index is 1.16. The predicted molar refractivity (Wildman–Crippen MR) is 141 cm³/mol. The van der Waals surface area contributed by atoms with Gasteiger partial charge in [-0.15, -0.1) is 0 Å². The Bertz CT molecular complexity index is 1070. The third-order valence-corrected chi connectivity index (χ3v) is 9.95. The molecule has 5 aliphatic rings. The van der Waals surface area contributed by atoms with E-state index in [9.17, 15) is 0 Å². The molecule has 2 nitrogen and oxygen atoms in total. The van der Waals surface area contributed by atoms with Gasteiger partial charge in [0.1, 0.15) is 0 Å². The summed E-state index contributed by atoms with van der Waals surface area (Å²) in [6.45, 7) is 8.47. The Kier molecular flexibility index (Phi) is 5.07. The van der Waals surface area contributed by atoms with Gasteiger partial charge >= 0.3 is 7.12 Å². The van der Waals surface area contributed by atoms with E-state index in [1.807, 2.05) is 0 Å². The third kappa shape index (κ3) is 3.47. The molecule has 0 amide bonds. The molecule has 1 saturated heterocycles. The van der Waals surface area contributed by atoms with E-state index in [0.717, 1.165) is 5.46 Å². The van der Waals surface area contributed by atoms with Gasteiger partial charge in [0.2, 0.25) is 0 Å². The van der Waals surface area contributed by atoms with Crippen molar-refractivity contribution in [3.8, 4) is 0 Å². The molecule has 1 aliphatic heterocycles. The van der Waals surface area contributed by atoms with Crippen molar-refractivity contribution in [2.45, 2.75) is 94.2 Å². The lowest BCUT2D eigenvalue weighted by Crippen LogP contribution is -2.46. The summed E-state index contributed by atoms with van der Waals surface area (Å²) >= 11 is 0. The van der Waals surface area contributed by atoms with Crippen molar-refractivity contribution in [2.75, 3.05) is 0 Å². The summed E-state index contributed by atoms with van der Waals surface area (Å²) in [6, 6.07) is 18.8. The average molecular weight is 452 g/mol. The van der Waals surface area contributed by atoms with Crippen molar-refractivity contribution in [3.63, 3.8) is 0 Å². The van der Waals surface area contributed by atoms with Crippen LogP contribution in [-0.4, -0.2) is 18.3 Å². The molecule has 0 aromatic heterocycles. The van der Waals surface area contributed by atoms with Crippen LogP contribution in [0.4, 0.5) is 0 Å². The Hall–Kier alpha value is -2.10. The van der Waals surface area contributed by atoms with Crippen LogP contribution in [0.2, 0.25) is 0 Å². The van der Waals surface area contributed by atoms with Gasteiger partial charge < -0.3 is 9.31 Å². The first-order chi connectivity index (χ1) is 16.2. The van der Waals surface area contributed by atoms with Crippen LogP contribution in [-0.2, 0) is 20.1 Å². The van der Waals surface area contributed by atoms with Crippen LogP contribution in [0.3, 0.4) is 0 Å². The first-order valence-corrected chi connectivity index (χ1v) is 13.1. The Morgan fingerprint density at radius 3 is 1.47 bits per heavy atom. The maximum atomic E-state index is 6.27. The van der Waals surface area contributed by atoms with Gasteiger partial charge in [-0.3, -0.25) is 0 Å². The lowest BCUT2D eigenvalue weighted by Gasteiger charge is -2.54. The van der Waals surface area contributed by atoms with E-state index < -0.39 is 0 Å². The zero-order chi connectivity index (χ0) is 23.6. The number of allylic oxidation sites excluding steroid dienone is 4. The molecule has 2 aromatic carbocycles. The fourth-order valence-electron chi connectivity index (χ4n) is 6.74. The second kappa shape index (κ2) is 7.70. The summed E-state index contributed by atoms with van der Waals surface area (Å²) in [7, 11) is -0.278. The monoisotopic (exact) mass is 452 g/mol. The third-order valence-electron chi connectivity index (χ3n) is 9.95. The van der Waals surface area contributed by atoms with Crippen molar-refractivity contribution in [2.24, 2.45) is 0 Å². The summed E-state index contributed by atoms with van der Waals surface area (Å²) in [5, 5.41) is 0. The smallest absolute Gasteiger partial charge is 0.399 e. The van der Waals surface area contributed by atoms with Gasteiger partial charge in [-0.05, 0) is 99.2 Å². The van der Waals surface area contributed by atoms with Crippen LogP contribution >= 0.6 is 0 Å². The number of benzene rings is 2. The molecule has 0 radical (unpaired) electrons. The molecule has 7 rings (SSSR count). The first-order valence-electron chi connectivity index (χ1n) is 13.1. The Morgan fingerprint density at radius 1 is 0.618 bits per heavy atom. The van der Waals surface area contributed by atoms with E-state index in [1.54, 1.807) is 5.56 Å². The predicted octanol–water partition coefficient (Wildman–Crippen LogP) is 6.74. The van der Waals surface area contributed by atoms with Crippen molar-refractivity contribution in [1.29, 1.82) is 0 Å². The van der Waals surface area contributed by atoms with Crippen molar-refractivity contribution >= 4 is 12.6 Å². The molecule has 1 heterocycles. The fraction of sp³-hybridized carbons (Fsp3) is 0.484. The molecule has 0 unspecified atom stereocenters. The molecule has 3 heteroatoms. The average Bonchev–Trinajstić information content (AvgIpc) is 3.46. The summed E-state index contributed by atoms with van der Waals surface area (Å²) < 4.78 is 12.5. The molecule has 4 fully saturated rings. The van der Waals surface area contributed by atoms with Gasteiger partial charge in [0.05, 0.1) is 11.2 Å². The normalized spacial score (nSPS) is 31.5. The zero-order valence-electron chi connectivity index (χ0n) is 21.1. The van der Waals surface area contributed by atoms with Gasteiger partial charge in [0.15, 0.2) is 0 Å². The second-order valence-corrected chi connectivity index (χ2v) is 12.2. The maximum Gasteiger partial charge on any atom is 0.494 e. The van der Waals surface area contributed by atoms with Gasteiger partial charge in [0, 0.05) is 5.92 Å². The Labute approximate surface area is 205 Å². The van der Waals surface area contributed by atoms with Crippen LogP contribution < -0.4 is 5.46 Å². The lowest BCUT2D eigenvalue weighted by molar-refractivity contribution is 0.00578. The van der Waals surface area contributed by atoms with Gasteiger partial charge in [-0.25, -0.2) is 0 Å². The van der Waals surface area contributed by atoms with Crippen LogP contribution in [0.5, 0.6) is 0 Å². The largest absolute Gasteiger partial charge is 0.494 e. The second-order valence-electron chi connectivity index (χ2n) is 12.2. The summed E-state index contributed by atoms with van der Waals surface area (Å²) in [5.41, 5.74) is 5.74. The summed E-state index contributed by atoms with van der Waals surface area (Å²) in [4.78, 5) is 0. The Morgan fingerprint density at radius 2 is 1.03 bits per heavy atom. The topological polar surface area (TPSA) is 18.5 Å². The minimum atomic E-state index is -0.298. The highest BCUT2D eigenvalue weighted by Gasteiger charge is 2.52. The van der Waals surface area contributed by atoms with Crippen LogP contribution in [0.1, 0.15) is 88.8 Å². The molecule has 0 atom stereocenters. The number of hydrogen-bond acceptors (Lipinski definition) is 2. The molecule has 0 N–H and O–H groups in total. The summed E-state index contributed by atoms with van der Waals surface area (Å²) in [6.07, 6.45) is 16.6. The highest BCUT2D eigenvalue weighted by molar-refractivity contribution is 6.62. The van der Waals surface area contributed by atoms with Gasteiger partial charge in [-0.1, -0.05) is 72.8 Å². The van der Waals surface area contributed by atoms with Crippen LogP contribution in [0.15, 0.2) is 72.8 Å². The highest BCUT2D eigenvalue weighted by Crippen LogP contribution is 2.58. The van der Waals surface area contributed by atoms with Gasteiger partial charge in [-0.2, -0.15) is 0 Å². The number of hydrogen-bond donors (Lipinski definition) is 0. The van der Waals surface area contributed by atoms with Crippen molar-refractivity contribution in [3.05, 3.63) is 89.5 Å². The highest BCUT2D eigenvalue weighted by atomic mass is 16.7. The number of fused-ring (bicyclic) bond motifs is 3. The van der Waals surface area contributed by atoms with E-state index in [4.69, 9.17) is 9.31 Å². The quantitative estimate of drug-likeness (QED) is 0.479. The van der Waals surface area contributed by atoms with E-state index in [1.165, 1.54) is 49.7 Å². The molecule has 0 spiro atoms. The molecule has 176 valence electrons. The molecule has 3 saturated carbocycles. The molecule has 2 bridgehead atoms. The van der Waals surface area contributed by atoms with Gasteiger partial charge in [0.25, 0.3) is 0 Å². The van der Waals surface area contributed by atoms with E-state index in [-0.39, 0.29) is 18.3 Å². The van der Waals surface area contributed by atoms with E-state index in [0.29, 0.717) is 16.7 Å². The van der Waals surface area contributed by atoms with Crippen molar-refractivity contribution < 1.29 is 9.31 Å². The molecule has 4 aliphatic carbocycles. The fourth-order valence-corrected chi connectivity index (χ4v) is 6.74. The van der Waals surface area contributed by atoms with Crippen molar-refractivity contribution in [1.82, 2.24) is 0 Å². The number of rotatable bonds is 4. The molecule has 34 heavy (non-hydrogen) atoms. The molecule has 2 aromatic rings. The molecular formula is C31H37BO2. The van der Waals surface area contributed by atoms with E-state index in [2.05, 4.69) is 101 Å².